The lowest BCUT2D eigenvalue weighted by Gasteiger charge is -2.17. The number of rotatable bonds is 5. The quantitative estimate of drug-likeness (QED) is 0.421. The van der Waals surface area contributed by atoms with E-state index < -0.39 is 5.97 Å². The predicted octanol–water partition coefficient (Wildman–Crippen LogP) is 4.11. The zero-order valence-corrected chi connectivity index (χ0v) is 16.6. The molecule has 0 bridgehead atoms. The first-order valence-corrected chi connectivity index (χ1v) is 9.74. The second kappa shape index (κ2) is 7.95. The molecular formula is C24H19NO6. The standard InChI is InChI=1S/C24H19NO6/c1-2-9-25-23(28)13-3-6-16(24(29)30)19(10-13)22-17-7-4-14(26)11-20(17)31-21-12-15(27)5-8-18(21)22/h3-8,10-12,26H,2,9H2,1H3,(H,25,28)(H,29,30). The number of carboxylic acid groups (broad SMARTS) is 1. The van der Waals surface area contributed by atoms with Crippen molar-refractivity contribution in [3.8, 4) is 28.2 Å². The summed E-state index contributed by atoms with van der Waals surface area (Å²) >= 11 is 0. The van der Waals surface area contributed by atoms with E-state index in [9.17, 15) is 24.6 Å². The van der Waals surface area contributed by atoms with Crippen molar-refractivity contribution < 1.29 is 24.2 Å². The first kappa shape index (κ1) is 20.2. The number of nitrogens with one attached hydrogen (secondary N) is 1. The summed E-state index contributed by atoms with van der Waals surface area (Å²) in [6.07, 6.45) is 0.766. The number of carbonyl (C=O) groups excluding carboxylic acids is 1. The summed E-state index contributed by atoms with van der Waals surface area (Å²) < 4.78 is 5.81. The highest BCUT2D eigenvalue weighted by Crippen LogP contribution is 2.42. The number of benzene rings is 3. The summed E-state index contributed by atoms with van der Waals surface area (Å²) in [6, 6.07) is 13.1. The fourth-order valence-corrected chi connectivity index (χ4v) is 3.57. The Morgan fingerprint density at radius 3 is 2.55 bits per heavy atom. The monoisotopic (exact) mass is 417 g/mol. The number of carboxylic acids is 1. The smallest absolute Gasteiger partial charge is 0.336 e. The van der Waals surface area contributed by atoms with Crippen molar-refractivity contribution in [2.24, 2.45) is 0 Å². The molecule has 4 rings (SSSR count). The van der Waals surface area contributed by atoms with Gasteiger partial charge in [0.15, 0.2) is 5.43 Å². The minimum atomic E-state index is -1.16. The zero-order chi connectivity index (χ0) is 22.1. The third kappa shape index (κ3) is 3.73. The Labute approximate surface area is 176 Å². The van der Waals surface area contributed by atoms with Crippen LogP contribution in [0.4, 0.5) is 0 Å². The van der Waals surface area contributed by atoms with Gasteiger partial charge < -0.3 is 19.9 Å². The van der Waals surface area contributed by atoms with Gasteiger partial charge >= 0.3 is 5.97 Å². The molecule has 1 aliphatic carbocycles. The molecule has 1 heterocycles. The van der Waals surface area contributed by atoms with E-state index in [2.05, 4.69) is 5.32 Å². The zero-order valence-electron chi connectivity index (χ0n) is 16.6. The molecule has 2 aromatic carbocycles. The third-order valence-electron chi connectivity index (χ3n) is 4.99. The van der Waals surface area contributed by atoms with E-state index in [0.717, 1.165) is 6.42 Å². The molecule has 3 N–H and O–H groups in total. The van der Waals surface area contributed by atoms with Crippen LogP contribution in [0.2, 0.25) is 0 Å². The number of aromatic hydroxyl groups is 1. The van der Waals surface area contributed by atoms with Gasteiger partial charge in [0.2, 0.25) is 0 Å². The van der Waals surface area contributed by atoms with E-state index in [-0.39, 0.29) is 34.0 Å². The molecule has 7 heteroatoms. The molecule has 1 amide bonds. The molecule has 7 nitrogen and oxygen atoms in total. The van der Waals surface area contributed by atoms with E-state index in [1.165, 1.54) is 42.5 Å². The molecule has 31 heavy (non-hydrogen) atoms. The number of fused-ring (bicyclic) bond motifs is 2. The fourth-order valence-electron chi connectivity index (χ4n) is 3.57. The number of carbonyl (C=O) groups is 2. The molecule has 0 spiro atoms. The molecule has 0 unspecified atom stereocenters. The Morgan fingerprint density at radius 1 is 1.00 bits per heavy atom. The summed E-state index contributed by atoms with van der Waals surface area (Å²) in [5, 5.41) is 23.0. The maximum Gasteiger partial charge on any atom is 0.336 e. The van der Waals surface area contributed by atoms with Gasteiger partial charge in [-0.25, -0.2) is 4.79 Å². The average Bonchev–Trinajstić information content (AvgIpc) is 2.75. The maximum atomic E-state index is 12.5. The largest absolute Gasteiger partial charge is 0.508 e. The Balaban J connectivity index is 2.08. The van der Waals surface area contributed by atoms with Gasteiger partial charge in [0.25, 0.3) is 5.91 Å². The Hall–Kier alpha value is -4.13. The predicted molar refractivity (Wildman–Crippen MR) is 116 cm³/mol. The number of amides is 1. The van der Waals surface area contributed by atoms with Gasteiger partial charge in [0.05, 0.1) is 5.56 Å². The lowest BCUT2D eigenvalue weighted by atomic mass is 9.89. The molecular weight excluding hydrogens is 398 g/mol. The minimum Gasteiger partial charge on any atom is -0.508 e. The van der Waals surface area contributed by atoms with Crippen LogP contribution in [0.1, 0.15) is 34.1 Å². The van der Waals surface area contributed by atoms with Crippen molar-refractivity contribution in [3.05, 3.63) is 75.9 Å². The molecule has 2 aromatic rings. The van der Waals surface area contributed by atoms with Crippen molar-refractivity contribution in [2.45, 2.75) is 13.3 Å². The van der Waals surface area contributed by atoms with Crippen LogP contribution in [0.25, 0.3) is 33.4 Å². The summed E-state index contributed by atoms with van der Waals surface area (Å²) in [5.41, 5.74) is 1.66. The highest BCUT2D eigenvalue weighted by atomic mass is 16.4. The average molecular weight is 417 g/mol. The molecule has 1 aliphatic heterocycles. The first-order valence-electron chi connectivity index (χ1n) is 9.74. The highest BCUT2D eigenvalue weighted by molar-refractivity contribution is 6.09. The van der Waals surface area contributed by atoms with Gasteiger partial charge in [-0.3, -0.25) is 9.59 Å². The van der Waals surface area contributed by atoms with Crippen LogP contribution in [0, 0.1) is 0 Å². The number of hydrogen-bond acceptors (Lipinski definition) is 5. The molecule has 0 fully saturated rings. The second-order valence-corrected chi connectivity index (χ2v) is 7.14. The summed E-state index contributed by atoms with van der Waals surface area (Å²) in [7, 11) is 0. The summed E-state index contributed by atoms with van der Waals surface area (Å²) in [4.78, 5) is 36.4. The maximum absolute atomic E-state index is 12.5. The highest BCUT2D eigenvalue weighted by Gasteiger charge is 2.23. The van der Waals surface area contributed by atoms with Gasteiger partial charge in [0.1, 0.15) is 17.1 Å². The molecule has 156 valence electrons. The Bertz CT molecular complexity index is 1350. The molecule has 0 atom stereocenters. The van der Waals surface area contributed by atoms with Crippen LogP contribution in [0.5, 0.6) is 5.75 Å². The Kier molecular flexibility index (Phi) is 5.17. The van der Waals surface area contributed by atoms with Crippen LogP contribution in [0.15, 0.2) is 63.8 Å². The molecule has 0 radical (unpaired) electrons. The number of hydrogen-bond donors (Lipinski definition) is 3. The van der Waals surface area contributed by atoms with E-state index in [4.69, 9.17) is 4.42 Å². The molecule has 0 aromatic heterocycles. The number of phenolic OH excluding ortho intramolecular Hbond substituents is 1. The second-order valence-electron chi connectivity index (χ2n) is 7.14. The van der Waals surface area contributed by atoms with Gasteiger partial charge in [-0.1, -0.05) is 6.92 Å². The van der Waals surface area contributed by atoms with Gasteiger partial charge in [-0.15, -0.1) is 0 Å². The Morgan fingerprint density at radius 2 is 1.81 bits per heavy atom. The van der Waals surface area contributed by atoms with Crippen LogP contribution >= 0.6 is 0 Å². The van der Waals surface area contributed by atoms with Crippen LogP contribution < -0.4 is 10.7 Å². The van der Waals surface area contributed by atoms with Crippen LogP contribution in [-0.4, -0.2) is 28.6 Å². The van der Waals surface area contributed by atoms with Gasteiger partial charge in [0, 0.05) is 40.8 Å². The van der Waals surface area contributed by atoms with Crippen molar-refractivity contribution in [1.82, 2.24) is 5.32 Å². The minimum absolute atomic E-state index is 0.000108. The lowest BCUT2D eigenvalue weighted by Crippen LogP contribution is -2.24. The summed E-state index contributed by atoms with van der Waals surface area (Å²) in [6.45, 7) is 2.43. The lowest BCUT2D eigenvalue weighted by molar-refractivity contribution is 0.0697. The SMILES string of the molecule is CCCNC(=O)c1ccc(C(=O)O)c(-c2c3ccc(=O)cc-3oc3cc(O)ccc23)c1. The molecule has 0 saturated carbocycles. The van der Waals surface area contributed by atoms with Crippen molar-refractivity contribution in [2.75, 3.05) is 6.54 Å². The van der Waals surface area contributed by atoms with Crippen molar-refractivity contribution >= 4 is 22.8 Å². The van der Waals surface area contributed by atoms with Gasteiger partial charge in [-0.05, 0) is 54.4 Å². The van der Waals surface area contributed by atoms with E-state index >= 15 is 0 Å². The first-order chi connectivity index (χ1) is 14.9. The number of aromatic carboxylic acids is 1. The summed E-state index contributed by atoms with van der Waals surface area (Å²) in [5.74, 6) is -1.26. The molecule has 0 saturated heterocycles. The van der Waals surface area contributed by atoms with E-state index in [1.807, 2.05) is 6.92 Å². The topological polar surface area (TPSA) is 117 Å². The van der Waals surface area contributed by atoms with Crippen LogP contribution in [-0.2, 0) is 0 Å². The van der Waals surface area contributed by atoms with E-state index in [0.29, 0.717) is 34.2 Å². The normalized spacial score (nSPS) is 11.0. The van der Waals surface area contributed by atoms with Crippen LogP contribution in [0.3, 0.4) is 0 Å². The van der Waals surface area contributed by atoms with Crippen molar-refractivity contribution in [1.29, 1.82) is 0 Å². The number of phenols is 1. The third-order valence-corrected chi connectivity index (χ3v) is 4.99. The fraction of sp³-hybridized carbons (Fsp3) is 0.125. The van der Waals surface area contributed by atoms with E-state index in [1.54, 1.807) is 12.1 Å². The van der Waals surface area contributed by atoms with Gasteiger partial charge in [-0.2, -0.15) is 0 Å². The molecule has 2 aliphatic rings. The van der Waals surface area contributed by atoms with Crippen molar-refractivity contribution in [3.63, 3.8) is 0 Å².